The number of rotatable bonds is 1. The highest BCUT2D eigenvalue weighted by Gasteiger charge is 2.13. The van der Waals surface area contributed by atoms with Crippen molar-refractivity contribution in [3.63, 3.8) is 0 Å². The molecule has 0 bridgehead atoms. The van der Waals surface area contributed by atoms with Crippen LogP contribution in [0.5, 0.6) is 0 Å². The third-order valence-electron chi connectivity index (χ3n) is 2.36. The molecule has 0 aliphatic heterocycles. The van der Waals surface area contributed by atoms with Crippen LogP contribution in [0.4, 0.5) is 0 Å². The molecular formula is C11H5BrCl2N4. The Morgan fingerprint density at radius 3 is 2.44 bits per heavy atom. The van der Waals surface area contributed by atoms with Gasteiger partial charge in [-0.05, 0) is 28.1 Å². The monoisotopic (exact) mass is 342 g/mol. The van der Waals surface area contributed by atoms with E-state index in [1.54, 1.807) is 0 Å². The summed E-state index contributed by atoms with van der Waals surface area (Å²) in [5.41, 5.74) is 1.43. The van der Waals surface area contributed by atoms with Crippen LogP contribution in [-0.4, -0.2) is 19.4 Å². The van der Waals surface area contributed by atoms with Crippen molar-refractivity contribution in [1.29, 1.82) is 0 Å². The quantitative estimate of drug-likeness (QED) is 0.630. The summed E-state index contributed by atoms with van der Waals surface area (Å²) in [6, 6.07) is 5.72. The van der Waals surface area contributed by atoms with Crippen LogP contribution >= 0.6 is 39.1 Å². The van der Waals surface area contributed by atoms with E-state index in [1.807, 2.05) is 35.0 Å². The lowest BCUT2D eigenvalue weighted by atomic mass is 10.4. The van der Waals surface area contributed by atoms with Gasteiger partial charge in [0.1, 0.15) is 21.6 Å². The molecule has 0 aromatic carbocycles. The zero-order valence-corrected chi connectivity index (χ0v) is 11.9. The van der Waals surface area contributed by atoms with Crippen LogP contribution in [0, 0.1) is 0 Å². The van der Waals surface area contributed by atoms with Crippen LogP contribution in [0.15, 0.2) is 35.1 Å². The molecule has 3 rings (SSSR count). The molecular weight excluding hydrogens is 339 g/mol. The highest BCUT2D eigenvalue weighted by molar-refractivity contribution is 9.10. The molecule has 18 heavy (non-hydrogen) atoms. The lowest BCUT2D eigenvalue weighted by Gasteiger charge is -2.00. The summed E-state index contributed by atoms with van der Waals surface area (Å²) in [7, 11) is 0. The lowest BCUT2D eigenvalue weighted by Crippen LogP contribution is -1.91. The molecule has 0 saturated carbocycles. The molecule has 3 aromatic heterocycles. The Labute approximate surface area is 121 Å². The third kappa shape index (κ3) is 1.98. The molecule has 3 heterocycles. The van der Waals surface area contributed by atoms with Crippen LogP contribution in [0.3, 0.4) is 0 Å². The summed E-state index contributed by atoms with van der Waals surface area (Å²) in [4.78, 5) is 12.7. The van der Waals surface area contributed by atoms with E-state index in [4.69, 9.17) is 23.2 Å². The van der Waals surface area contributed by atoms with Gasteiger partial charge in [-0.2, -0.15) is 0 Å². The van der Waals surface area contributed by atoms with Crippen LogP contribution in [0.25, 0.3) is 17.2 Å². The standard InChI is InChI=1S/C11H5BrCl2N4/c12-8-9(13)16-11(17-10(8)14)6-5-18-4-2-1-3-7(18)15-6/h1-5H. The van der Waals surface area contributed by atoms with Gasteiger partial charge in [-0.1, -0.05) is 29.3 Å². The topological polar surface area (TPSA) is 43.1 Å². The molecule has 0 fully saturated rings. The minimum absolute atomic E-state index is 0.266. The van der Waals surface area contributed by atoms with Crippen LogP contribution in [0.1, 0.15) is 0 Å². The Morgan fingerprint density at radius 1 is 1.06 bits per heavy atom. The number of nitrogens with zero attached hydrogens (tertiary/aromatic N) is 4. The number of aromatic nitrogens is 4. The van der Waals surface area contributed by atoms with Gasteiger partial charge in [0.2, 0.25) is 0 Å². The smallest absolute Gasteiger partial charge is 0.182 e. The molecule has 0 unspecified atom stereocenters. The average molecular weight is 344 g/mol. The predicted molar refractivity (Wildman–Crippen MR) is 73.9 cm³/mol. The maximum atomic E-state index is 5.95. The van der Waals surface area contributed by atoms with E-state index in [0.29, 0.717) is 16.0 Å². The molecule has 0 saturated heterocycles. The van der Waals surface area contributed by atoms with Crippen molar-refractivity contribution in [2.24, 2.45) is 0 Å². The summed E-state index contributed by atoms with van der Waals surface area (Å²) in [5, 5.41) is 0.532. The maximum absolute atomic E-state index is 5.95. The van der Waals surface area contributed by atoms with Gasteiger partial charge in [-0.15, -0.1) is 0 Å². The fraction of sp³-hybridized carbons (Fsp3) is 0. The Balaban J connectivity index is 2.20. The zero-order valence-electron chi connectivity index (χ0n) is 8.81. The molecule has 90 valence electrons. The third-order valence-corrected chi connectivity index (χ3v) is 4.12. The second-order valence-corrected chi connectivity index (χ2v) is 5.04. The summed E-state index contributed by atoms with van der Waals surface area (Å²) in [6.07, 6.45) is 3.72. The first kappa shape index (κ1) is 11.9. The fourth-order valence-corrected chi connectivity index (χ4v) is 2.12. The van der Waals surface area contributed by atoms with Crippen molar-refractivity contribution >= 4 is 44.8 Å². The summed E-state index contributed by atoms with van der Waals surface area (Å²) in [6.45, 7) is 0. The van der Waals surface area contributed by atoms with Crippen molar-refractivity contribution in [3.8, 4) is 11.5 Å². The van der Waals surface area contributed by atoms with Crippen molar-refractivity contribution < 1.29 is 0 Å². The lowest BCUT2D eigenvalue weighted by molar-refractivity contribution is 1.14. The molecule has 0 radical (unpaired) electrons. The Kier molecular flexibility index (Phi) is 2.97. The molecule has 0 spiro atoms. The highest BCUT2D eigenvalue weighted by atomic mass is 79.9. The van der Waals surface area contributed by atoms with Gasteiger partial charge in [-0.25, -0.2) is 15.0 Å². The number of fused-ring (bicyclic) bond motifs is 1. The summed E-state index contributed by atoms with van der Waals surface area (Å²) < 4.78 is 2.36. The predicted octanol–water partition coefficient (Wildman–Crippen LogP) is 3.86. The normalized spacial score (nSPS) is 11.1. The van der Waals surface area contributed by atoms with Gasteiger partial charge >= 0.3 is 0 Å². The molecule has 0 amide bonds. The first-order valence-corrected chi connectivity index (χ1v) is 6.52. The summed E-state index contributed by atoms with van der Waals surface area (Å²) in [5.74, 6) is 0.400. The molecule has 0 aliphatic rings. The van der Waals surface area contributed by atoms with E-state index < -0.39 is 0 Å². The number of halogens is 3. The Morgan fingerprint density at radius 2 is 1.78 bits per heavy atom. The SMILES string of the molecule is Clc1nc(-c2cn3ccccc3n2)nc(Cl)c1Br. The van der Waals surface area contributed by atoms with Gasteiger partial charge in [0, 0.05) is 12.4 Å². The zero-order chi connectivity index (χ0) is 12.7. The first-order valence-electron chi connectivity index (χ1n) is 4.98. The van der Waals surface area contributed by atoms with E-state index >= 15 is 0 Å². The maximum Gasteiger partial charge on any atom is 0.182 e. The molecule has 0 aliphatic carbocycles. The Bertz CT molecular complexity index is 685. The molecule has 4 nitrogen and oxygen atoms in total. The largest absolute Gasteiger partial charge is 0.306 e. The van der Waals surface area contributed by atoms with Gasteiger partial charge < -0.3 is 4.40 Å². The van der Waals surface area contributed by atoms with Crippen molar-refractivity contribution in [2.75, 3.05) is 0 Å². The van der Waals surface area contributed by atoms with E-state index in [0.717, 1.165) is 5.65 Å². The van der Waals surface area contributed by atoms with E-state index in [1.165, 1.54) is 0 Å². The molecule has 0 atom stereocenters. The average Bonchev–Trinajstić information content (AvgIpc) is 2.79. The highest BCUT2D eigenvalue weighted by Crippen LogP contribution is 2.29. The molecule has 0 N–H and O–H groups in total. The van der Waals surface area contributed by atoms with Crippen LogP contribution in [0.2, 0.25) is 10.3 Å². The van der Waals surface area contributed by atoms with E-state index in [9.17, 15) is 0 Å². The minimum atomic E-state index is 0.266. The van der Waals surface area contributed by atoms with Gasteiger partial charge in [0.15, 0.2) is 5.82 Å². The number of hydrogen-bond acceptors (Lipinski definition) is 3. The number of hydrogen-bond donors (Lipinski definition) is 0. The van der Waals surface area contributed by atoms with E-state index in [2.05, 4.69) is 30.9 Å². The number of imidazole rings is 1. The second-order valence-electron chi connectivity index (χ2n) is 3.54. The van der Waals surface area contributed by atoms with Crippen molar-refractivity contribution in [1.82, 2.24) is 19.4 Å². The second kappa shape index (κ2) is 4.50. The van der Waals surface area contributed by atoms with Crippen molar-refractivity contribution in [2.45, 2.75) is 0 Å². The minimum Gasteiger partial charge on any atom is -0.306 e. The summed E-state index contributed by atoms with van der Waals surface area (Å²) >= 11 is 15.1. The van der Waals surface area contributed by atoms with Gasteiger partial charge in [0.25, 0.3) is 0 Å². The number of pyridine rings is 1. The van der Waals surface area contributed by atoms with Gasteiger partial charge in [0.05, 0.1) is 4.47 Å². The Hall–Kier alpha value is -1.17. The van der Waals surface area contributed by atoms with Crippen molar-refractivity contribution in [3.05, 3.63) is 45.4 Å². The molecule has 3 aromatic rings. The molecule has 7 heteroatoms. The fourth-order valence-electron chi connectivity index (χ4n) is 1.55. The van der Waals surface area contributed by atoms with Crippen LogP contribution in [-0.2, 0) is 0 Å². The van der Waals surface area contributed by atoms with E-state index in [-0.39, 0.29) is 10.3 Å². The van der Waals surface area contributed by atoms with Gasteiger partial charge in [-0.3, -0.25) is 0 Å². The first-order chi connectivity index (χ1) is 8.65. The van der Waals surface area contributed by atoms with Crippen LogP contribution < -0.4 is 0 Å².